The van der Waals surface area contributed by atoms with Crippen LogP contribution in [0.4, 0.5) is 14.9 Å². The summed E-state index contributed by atoms with van der Waals surface area (Å²) in [6, 6.07) is 5.46. The molecule has 3 rings (SSSR count). The first-order valence-electron chi connectivity index (χ1n) is 9.94. The zero-order valence-electron chi connectivity index (χ0n) is 15.8. The van der Waals surface area contributed by atoms with Crippen LogP contribution in [0.5, 0.6) is 0 Å². The van der Waals surface area contributed by atoms with Gasteiger partial charge in [-0.15, -0.1) is 0 Å². The molecule has 2 saturated heterocycles. The number of benzene rings is 1. The van der Waals surface area contributed by atoms with Crippen molar-refractivity contribution in [1.29, 1.82) is 0 Å². The Labute approximate surface area is 160 Å². The number of amides is 3. The number of nitrogens with zero attached hydrogens (tertiary/aromatic N) is 2. The van der Waals surface area contributed by atoms with Gasteiger partial charge in [0, 0.05) is 25.2 Å². The fourth-order valence-corrected chi connectivity index (χ4v) is 3.80. The third kappa shape index (κ3) is 5.92. The molecule has 1 aromatic rings. The maximum Gasteiger partial charge on any atom is 0.315 e. The summed E-state index contributed by atoms with van der Waals surface area (Å²) in [6.45, 7) is 4.31. The van der Waals surface area contributed by atoms with Crippen LogP contribution in [0.1, 0.15) is 38.5 Å². The summed E-state index contributed by atoms with van der Waals surface area (Å²) in [5.74, 6) is -0.481. The molecular formula is C20H29FN4O2. The van der Waals surface area contributed by atoms with Gasteiger partial charge in [-0.3, -0.25) is 4.79 Å². The highest BCUT2D eigenvalue weighted by Gasteiger charge is 2.31. The minimum atomic E-state index is -0.376. The van der Waals surface area contributed by atoms with E-state index in [9.17, 15) is 14.0 Å². The second-order valence-corrected chi connectivity index (χ2v) is 7.39. The maximum atomic E-state index is 13.4. The van der Waals surface area contributed by atoms with Gasteiger partial charge >= 0.3 is 6.03 Å². The normalized spacial score (nSPS) is 21.1. The number of likely N-dealkylation sites (tertiary alicyclic amines) is 1. The number of nitrogens with one attached hydrogen (secondary N) is 2. The molecule has 27 heavy (non-hydrogen) atoms. The Bertz CT molecular complexity index is 647. The molecule has 2 aliphatic rings. The Hall–Kier alpha value is -2.15. The Morgan fingerprint density at radius 3 is 2.70 bits per heavy atom. The summed E-state index contributed by atoms with van der Waals surface area (Å²) < 4.78 is 13.4. The minimum Gasteiger partial charge on any atom is -0.338 e. The summed E-state index contributed by atoms with van der Waals surface area (Å²) in [5, 5.41) is 5.73. The topological polar surface area (TPSA) is 64.7 Å². The Morgan fingerprint density at radius 1 is 1.19 bits per heavy atom. The predicted molar refractivity (Wildman–Crippen MR) is 103 cm³/mol. The van der Waals surface area contributed by atoms with Gasteiger partial charge in [-0.2, -0.15) is 0 Å². The van der Waals surface area contributed by atoms with Crippen LogP contribution in [-0.2, 0) is 4.79 Å². The van der Waals surface area contributed by atoms with Crippen LogP contribution in [0, 0.1) is 5.82 Å². The van der Waals surface area contributed by atoms with Gasteiger partial charge in [-0.25, -0.2) is 9.18 Å². The fraction of sp³-hybridized carbons (Fsp3) is 0.600. The number of urea groups is 1. The lowest BCUT2D eigenvalue weighted by molar-refractivity contribution is -0.117. The molecule has 3 amide bonds. The summed E-state index contributed by atoms with van der Waals surface area (Å²) in [7, 11) is 0. The van der Waals surface area contributed by atoms with E-state index in [-0.39, 0.29) is 30.2 Å². The van der Waals surface area contributed by atoms with Crippen molar-refractivity contribution in [2.24, 2.45) is 0 Å². The lowest BCUT2D eigenvalue weighted by Gasteiger charge is -2.20. The van der Waals surface area contributed by atoms with Crippen molar-refractivity contribution in [3.63, 3.8) is 0 Å². The van der Waals surface area contributed by atoms with Gasteiger partial charge in [0.15, 0.2) is 0 Å². The number of halogens is 1. The van der Waals surface area contributed by atoms with Crippen molar-refractivity contribution in [3.05, 3.63) is 30.1 Å². The number of rotatable bonds is 6. The monoisotopic (exact) mass is 376 g/mol. The van der Waals surface area contributed by atoms with Gasteiger partial charge in [-0.05, 0) is 57.1 Å². The SMILES string of the molecule is O=C(NCCCN1CCCCCC1)N[C@H]1CC(=O)N(c2cccc(F)c2)C1. The van der Waals surface area contributed by atoms with Crippen LogP contribution in [0.2, 0.25) is 0 Å². The van der Waals surface area contributed by atoms with Crippen LogP contribution in [0.3, 0.4) is 0 Å². The number of hydrogen-bond donors (Lipinski definition) is 2. The van der Waals surface area contributed by atoms with Gasteiger partial charge < -0.3 is 20.4 Å². The molecule has 0 radical (unpaired) electrons. The fourth-order valence-electron chi connectivity index (χ4n) is 3.80. The van der Waals surface area contributed by atoms with E-state index in [0.717, 1.165) is 26.1 Å². The molecule has 0 saturated carbocycles. The molecule has 2 N–H and O–H groups in total. The lowest BCUT2D eigenvalue weighted by atomic mass is 10.2. The summed E-state index contributed by atoms with van der Waals surface area (Å²) in [6.07, 6.45) is 6.34. The van der Waals surface area contributed by atoms with E-state index in [0.29, 0.717) is 18.8 Å². The van der Waals surface area contributed by atoms with E-state index in [2.05, 4.69) is 15.5 Å². The van der Waals surface area contributed by atoms with Crippen LogP contribution >= 0.6 is 0 Å². The quantitative estimate of drug-likeness (QED) is 0.750. The van der Waals surface area contributed by atoms with Crippen molar-refractivity contribution in [3.8, 4) is 0 Å². The first-order valence-corrected chi connectivity index (χ1v) is 9.94. The van der Waals surface area contributed by atoms with Crippen molar-refractivity contribution in [1.82, 2.24) is 15.5 Å². The minimum absolute atomic E-state index is 0.105. The second kappa shape index (κ2) is 9.69. The molecule has 0 aromatic heterocycles. The number of hydrogen-bond acceptors (Lipinski definition) is 3. The van der Waals surface area contributed by atoms with E-state index in [4.69, 9.17) is 0 Å². The zero-order valence-corrected chi connectivity index (χ0v) is 15.8. The van der Waals surface area contributed by atoms with Crippen molar-refractivity contribution in [2.45, 2.75) is 44.6 Å². The third-order valence-electron chi connectivity index (χ3n) is 5.22. The first-order chi connectivity index (χ1) is 13.1. The zero-order chi connectivity index (χ0) is 19.1. The van der Waals surface area contributed by atoms with Crippen LogP contribution in [-0.4, -0.2) is 55.6 Å². The number of carbonyl (C=O) groups is 2. The second-order valence-electron chi connectivity index (χ2n) is 7.39. The molecule has 0 spiro atoms. The molecule has 7 heteroatoms. The van der Waals surface area contributed by atoms with Crippen LogP contribution < -0.4 is 15.5 Å². The van der Waals surface area contributed by atoms with E-state index in [1.807, 2.05) is 0 Å². The smallest absolute Gasteiger partial charge is 0.315 e. The van der Waals surface area contributed by atoms with Crippen molar-refractivity contribution in [2.75, 3.05) is 37.6 Å². The lowest BCUT2D eigenvalue weighted by Crippen LogP contribution is -2.44. The average molecular weight is 376 g/mol. The van der Waals surface area contributed by atoms with E-state index in [1.165, 1.54) is 42.7 Å². The maximum absolute atomic E-state index is 13.4. The Morgan fingerprint density at radius 2 is 1.96 bits per heavy atom. The average Bonchev–Trinajstić information content (AvgIpc) is 2.83. The van der Waals surface area contributed by atoms with Crippen molar-refractivity contribution >= 4 is 17.6 Å². The van der Waals surface area contributed by atoms with Gasteiger partial charge in [-0.1, -0.05) is 18.9 Å². The molecule has 0 bridgehead atoms. The highest BCUT2D eigenvalue weighted by molar-refractivity contribution is 5.96. The third-order valence-corrected chi connectivity index (χ3v) is 5.22. The van der Waals surface area contributed by atoms with Gasteiger partial charge in [0.05, 0.1) is 6.04 Å². The molecule has 1 aromatic carbocycles. The Balaban J connectivity index is 1.36. The largest absolute Gasteiger partial charge is 0.338 e. The molecule has 2 aliphatic heterocycles. The summed E-state index contributed by atoms with van der Waals surface area (Å²) in [4.78, 5) is 28.2. The van der Waals surface area contributed by atoms with Crippen LogP contribution in [0.25, 0.3) is 0 Å². The Kier molecular flexibility index (Phi) is 7.04. The molecule has 148 valence electrons. The van der Waals surface area contributed by atoms with Crippen LogP contribution in [0.15, 0.2) is 24.3 Å². The van der Waals surface area contributed by atoms with Gasteiger partial charge in [0.1, 0.15) is 5.82 Å². The molecule has 1 atom stereocenters. The molecule has 0 unspecified atom stereocenters. The molecule has 0 aliphatic carbocycles. The van der Waals surface area contributed by atoms with E-state index < -0.39 is 0 Å². The molecule has 2 heterocycles. The van der Waals surface area contributed by atoms with E-state index in [1.54, 1.807) is 12.1 Å². The first kappa shape index (κ1) is 19.6. The standard InChI is InChI=1S/C20H29FN4O2/c21-16-7-5-8-18(13-16)25-15-17(14-19(25)26)23-20(27)22-9-6-12-24-10-3-1-2-4-11-24/h5,7-8,13,17H,1-4,6,9-12,14-15H2,(H2,22,23,27)/t17-/m0/s1. The molecular weight excluding hydrogens is 347 g/mol. The summed E-state index contributed by atoms with van der Waals surface area (Å²) >= 11 is 0. The van der Waals surface area contributed by atoms with Crippen molar-refractivity contribution < 1.29 is 14.0 Å². The number of carbonyl (C=O) groups excluding carboxylic acids is 2. The predicted octanol–water partition coefficient (Wildman–Crippen LogP) is 2.50. The van der Waals surface area contributed by atoms with Gasteiger partial charge in [0.2, 0.25) is 5.91 Å². The van der Waals surface area contributed by atoms with Gasteiger partial charge in [0.25, 0.3) is 0 Å². The summed E-state index contributed by atoms with van der Waals surface area (Å²) in [5.41, 5.74) is 0.530. The highest BCUT2D eigenvalue weighted by Crippen LogP contribution is 2.22. The molecule has 2 fully saturated rings. The van der Waals surface area contributed by atoms with E-state index >= 15 is 0 Å². The number of anilines is 1. The molecule has 6 nitrogen and oxygen atoms in total. The highest BCUT2D eigenvalue weighted by atomic mass is 19.1.